The molecule has 1 fully saturated rings. The predicted octanol–water partition coefficient (Wildman–Crippen LogP) is 1.21. The number of rotatable bonds is 5. The largest absolute Gasteiger partial charge is 0.378 e. The average molecular weight is 402 g/mol. The Kier molecular flexibility index (Phi) is 5.49. The van der Waals surface area contributed by atoms with Crippen molar-refractivity contribution in [3.8, 4) is 0 Å². The third kappa shape index (κ3) is 3.69. The summed E-state index contributed by atoms with van der Waals surface area (Å²) in [5, 5.41) is 12.1. The van der Waals surface area contributed by atoms with Gasteiger partial charge < -0.3 is 19.9 Å². The molecule has 1 saturated heterocycles. The number of fused-ring (bicyclic) bond motifs is 1. The summed E-state index contributed by atoms with van der Waals surface area (Å²) in [6.45, 7) is 5.68. The number of anilines is 3. The minimum absolute atomic E-state index is 0.0237. The van der Waals surface area contributed by atoms with E-state index in [0.29, 0.717) is 30.6 Å². The fourth-order valence-electron chi connectivity index (χ4n) is 3.32. The number of amides is 2. The van der Waals surface area contributed by atoms with Crippen LogP contribution in [0.3, 0.4) is 0 Å². The van der Waals surface area contributed by atoms with Crippen LogP contribution in [0, 0.1) is 0 Å². The number of ether oxygens (including phenoxy) is 1. The maximum absolute atomic E-state index is 12.8. The topological polar surface area (TPSA) is 92.6 Å². The summed E-state index contributed by atoms with van der Waals surface area (Å²) in [7, 11) is 0. The molecular weight excluding hydrogens is 380 g/mol. The molecule has 2 amide bonds. The van der Waals surface area contributed by atoms with Gasteiger partial charge in [-0.25, -0.2) is 0 Å². The van der Waals surface area contributed by atoms with E-state index < -0.39 is 0 Å². The summed E-state index contributed by atoms with van der Waals surface area (Å²) in [5.41, 5.74) is 1.38. The van der Waals surface area contributed by atoms with Crippen LogP contribution < -0.4 is 15.1 Å². The molecule has 148 valence electrons. The fourth-order valence-corrected chi connectivity index (χ4v) is 4.20. The molecule has 2 aliphatic heterocycles. The van der Waals surface area contributed by atoms with Gasteiger partial charge in [-0.05, 0) is 19.1 Å². The van der Waals surface area contributed by atoms with Crippen LogP contribution in [0.5, 0.6) is 0 Å². The summed E-state index contributed by atoms with van der Waals surface area (Å²) < 4.78 is 7.41. The van der Waals surface area contributed by atoms with Gasteiger partial charge in [-0.2, -0.15) is 0 Å². The van der Waals surface area contributed by atoms with E-state index >= 15 is 0 Å². The van der Waals surface area contributed by atoms with Crippen molar-refractivity contribution in [2.45, 2.75) is 18.6 Å². The maximum Gasteiger partial charge on any atom is 0.244 e. The van der Waals surface area contributed by atoms with Crippen molar-refractivity contribution < 1.29 is 14.3 Å². The van der Waals surface area contributed by atoms with Gasteiger partial charge in [0.25, 0.3) is 0 Å². The first-order valence-electron chi connectivity index (χ1n) is 9.25. The lowest BCUT2D eigenvalue weighted by atomic mass is 10.2. The zero-order valence-electron chi connectivity index (χ0n) is 15.6. The maximum atomic E-state index is 12.8. The molecule has 0 bridgehead atoms. The van der Waals surface area contributed by atoms with Crippen molar-refractivity contribution in [3.63, 3.8) is 0 Å². The summed E-state index contributed by atoms with van der Waals surface area (Å²) in [6.07, 6.45) is 0. The van der Waals surface area contributed by atoms with Gasteiger partial charge in [0.15, 0.2) is 5.16 Å². The second-order valence-electron chi connectivity index (χ2n) is 6.46. The molecule has 9 nitrogen and oxygen atoms in total. The van der Waals surface area contributed by atoms with E-state index in [0.717, 1.165) is 24.7 Å². The number of carbonyl (C=O) groups is 2. The average Bonchev–Trinajstić information content (AvgIpc) is 3.15. The van der Waals surface area contributed by atoms with Crippen molar-refractivity contribution in [1.29, 1.82) is 0 Å². The van der Waals surface area contributed by atoms with Gasteiger partial charge in [0.05, 0.1) is 30.3 Å². The van der Waals surface area contributed by atoms with E-state index in [1.807, 2.05) is 29.7 Å². The van der Waals surface area contributed by atoms with Crippen LogP contribution in [0.4, 0.5) is 17.3 Å². The standard InChI is InChI=1S/C18H22N6O3S/c1-2-23-17(22-7-9-27-10-8-22)20-21-18(23)28-12-16(26)24-11-15(25)19-13-5-3-4-6-14(13)24/h3-6H,2,7-12H2,1H3,(H,19,25). The number of aromatic nitrogens is 3. The molecule has 0 aliphatic carbocycles. The molecule has 4 rings (SSSR count). The lowest BCUT2D eigenvalue weighted by Gasteiger charge is -2.29. The molecule has 1 aromatic heterocycles. The molecule has 0 atom stereocenters. The molecule has 2 aromatic rings. The summed E-state index contributed by atoms with van der Waals surface area (Å²) >= 11 is 1.34. The number of carbonyl (C=O) groups excluding carboxylic acids is 2. The highest BCUT2D eigenvalue weighted by Crippen LogP contribution is 2.30. The summed E-state index contributed by atoms with van der Waals surface area (Å²) in [4.78, 5) is 28.4. The number of hydrogen-bond acceptors (Lipinski definition) is 7. The SMILES string of the molecule is CCn1c(SCC(=O)N2CC(=O)Nc3ccccc32)nnc1N1CCOCC1. The molecule has 10 heteroatoms. The van der Waals surface area contributed by atoms with Crippen molar-refractivity contribution in [1.82, 2.24) is 14.8 Å². The van der Waals surface area contributed by atoms with Crippen LogP contribution in [-0.2, 0) is 20.9 Å². The van der Waals surface area contributed by atoms with Gasteiger partial charge in [0.2, 0.25) is 17.8 Å². The first-order valence-corrected chi connectivity index (χ1v) is 10.2. The number of para-hydroxylation sites is 2. The van der Waals surface area contributed by atoms with Crippen molar-refractivity contribution in [2.24, 2.45) is 0 Å². The van der Waals surface area contributed by atoms with E-state index in [2.05, 4.69) is 20.4 Å². The number of nitrogens with one attached hydrogen (secondary N) is 1. The molecule has 1 aromatic carbocycles. The second kappa shape index (κ2) is 8.19. The minimum Gasteiger partial charge on any atom is -0.378 e. The van der Waals surface area contributed by atoms with E-state index in [1.54, 1.807) is 6.07 Å². The molecule has 0 saturated carbocycles. The van der Waals surface area contributed by atoms with E-state index in [-0.39, 0.29) is 24.1 Å². The van der Waals surface area contributed by atoms with Gasteiger partial charge in [0, 0.05) is 19.6 Å². The lowest BCUT2D eigenvalue weighted by Crippen LogP contribution is -2.43. The van der Waals surface area contributed by atoms with Gasteiger partial charge in [-0.3, -0.25) is 14.2 Å². The van der Waals surface area contributed by atoms with Crippen LogP contribution in [0.25, 0.3) is 0 Å². The molecule has 0 spiro atoms. The highest BCUT2D eigenvalue weighted by molar-refractivity contribution is 7.99. The quantitative estimate of drug-likeness (QED) is 0.752. The first-order chi connectivity index (χ1) is 13.7. The summed E-state index contributed by atoms with van der Waals surface area (Å²) in [5.74, 6) is 0.667. The third-order valence-corrected chi connectivity index (χ3v) is 5.66. The van der Waals surface area contributed by atoms with Crippen LogP contribution in [0.2, 0.25) is 0 Å². The lowest BCUT2D eigenvalue weighted by molar-refractivity contribution is -0.120. The number of thioether (sulfide) groups is 1. The van der Waals surface area contributed by atoms with Crippen molar-refractivity contribution in [3.05, 3.63) is 24.3 Å². The van der Waals surface area contributed by atoms with Crippen LogP contribution in [0.15, 0.2) is 29.4 Å². The van der Waals surface area contributed by atoms with Gasteiger partial charge in [-0.1, -0.05) is 23.9 Å². The Labute approximate surface area is 167 Å². The monoisotopic (exact) mass is 402 g/mol. The Morgan fingerprint density at radius 2 is 2.04 bits per heavy atom. The summed E-state index contributed by atoms with van der Waals surface area (Å²) in [6, 6.07) is 7.31. The van der Waals surface area contributed by atoms with E-state index in [1.165, 1.54) is 16.7 Å². The Balaban J connectivity index is 1.47. The Morgan fingerprint density at radius 1 is 1.25 bits per heavy atom. The van der Waals surface area contributed by atoms with Crippen molar-refractivity contribution in [2.75, 3.05) is 53.7 Å². The first kappa shape index (κ1) is 18.8. The predicted molar refractivity (Wildman–Crippen MR) is 107 cm³/mol. The molecule has 2 aliphatic rings. The van der Waals surface area contributed by atoms with E-state index in [4.69, 9.17) is 4.74 Å². The normalized spacial score (nSPS) is 16.7. The Morgan fingerprint density at radius 3 is 2.82 bits per heavy atom. The third-order valence-electron chi connectivity index (χ3n) is 4.70. The number of nitrogens with zero attached hydrogens (tertiary/aromatic N) is 5. The smallest absolute Gasteiger partial charge is 0.244 e. The van der Waals surface area contributed by atoms with Crippen LogP contribution >= 0.6 is 11.8 Å². The van der Waals surface area contributed by atoms with Crippen LogP contribution in [-0.4, -0.2) is 65.2 Å². The highest BCUT2D eigenvalue weighted by Gasteiger charge is 2.27. The van der Waals surface area contributed by atoms with Crippen LogP contribution in [0.1, 0.15) is 6.92 Å². The number of morpholine rings is 1. The van der Waals surface area contributed by atoms with Gasteiger partial charge >= 0.3 is 0 Å². The Bertz CT molecular complexity index is 880. The Hall–Kier alpha value is -2.59. The highest BCUT2D eigenvalue weighted by atomic mass is 32.2. The van der Waals surface area contributed by atoms with Gasteiger partial charge in [-0.15, -0.1) is 10.2 Å². The minimum atomic E-state index is -0.191. The number of benzene rings is 1. The van der Waals surface area contributed by atoms with E-state index in [9.17, 15) is 9.59 Å². The zero-order valence-corrected chi connectivity index (χ0v) is 16.4. The molecule has 0 radical (unpaired) electrons. The van der Waals surface area contributed by atoms with Crippen molar-refractivity contribution >= 4 is 40.9 Å². The fraction of sp³-hybridized carbons (Fsp3) is 0.444. The number of hydrogen-bond donors (Lipinski definition) is 1. The zero-order chi connectivity index (χ0) is 19.5. The molecule has 0 unspecified atom stereocenters. The van der Waals surface area contributed by atoms with Gasteiger partial charge in [0.1, 0.15) is 6.54 Å². The second-order valence-corrected chi connectivity index (χ2v) is 7.40. The molecule has 3 heterocycles. The molecule has 28 heavy (non-hydrogen) atoms. The molecular formula is C18H22N6O3S. The molecule has 1 N–H and O–H groups in total.